The Morgan fingerprint density at radius 3 is 2.61 bits per heavy atom. The maximum Gasteiger partial charge on any atom is 0.352 e. The van der Waals surface area contributed by atoms with E-state index in [4.69, 9.17) is 9.47 Å². The number of rotatable bonds is 5. The molecular weight excluding hydrogens is 362 g/mol. The largest absolute Gasteiger partial charge is 0.493 e. The van der Waals surface area contributed by atoms with E-state index in [0.717, 1.165) is 25.7 Å². The van der Waals surface area contributed by atoms with Crippen LogP contribution in [0.4, 0.5) is 0 Å². The minimum atomic E-state index is -0.405. The van der Waals surface area contributed by atoms with Crippen molar-refractivity contribution < 1.29 is 14.3 Å². The van der Waals surface area contributed by atoms with Crippen molar-refractivity contribution in [3.63, 3.8) is 0 Å². The van der Waals surface area contributed by atoms with E-state index in [1.807, 2.05) is 0 Å². The summed E-state index contributed by atoms with van der Waals surface area (Å²) in [7, 11) is 3.09. The van der Waals surface area contributed by atoms with Crippen molar-refractivity contribution in [3.8, 4) is 11.5 Å². The molecule has 28 heavy (non-hydrogen) atoms. The highest BCUT2D eigenvalue weighted by molar-refractivity contribution is 5.93. The lowest BCUT2D eigenvalue weighted by atomic mass is 9.95. The first kappa shape index (κ1) is 18.3. The number of carbonyl (C=O) groups excluding carboxylic acids is 1. The maximum atomic E-state index is 12.7. The number of aromatic nitrogens is 4. The Hall–Kier alpha value is -3.10. The number of hydrogen-bond donors (Lipinski definition) is 1. The van der Waals surface area contributed by atoms with E-state index in [9.17, 15) is 9.59 Å². The molecule has 2 heterocycles. The van der Waals surface area contributed by atoms with Crippen LogP contribution in [-0.4, -0.2) is 45.3 Å². The van der Waals surface area contributed by atoms with Gasteiger partial charge in [-0.05, 0) is 18.9 Å². The molecule has 0 unspecified atom stereocenters. The van der Waals surface area contributed by atoms with Crippen molar-refractivity contribution in [2.24, 2.45) is 0 Å². The number of amides is 1. The van der Waals surface area contributed by atoms with E-state index in [-0.39, 0.29) is 18.5 Å². The SMILES string of the molecule is COc1cc2ncn3c(=O)n(CC(=O)NC4CCCCC4)nc3c2cc1OC. The summed E-state index contributed by atoms with van der Waals surface area (Å²) in [5, 5.41) is 8.03. The molecule has 3 aromatic rings. The average molecular weight is 385 g/mol. The minimum absolute atomic E-state index is 0.119. The first-order chi connectivity index (χ1) is 13.6. The Morgan fingerprint density at radius 2 is 1.89 bits per heavy atom. The summed E-state index contributed by atoms with van der Waals surface area (Å²) in [6.45, 7) is -0.119. The molecule has 1 aliphatic carbocycles. The lowest BCUT2D eigenvalue weighted by molar-refractivity contribution is -0.122. The molecule has 0 atom stereocenters. The summed E-state index contributed by atoms with van der Waals surface area (Å²) in [6.07, 6.45) is 6.86. The number of carbonyl (C=O) groups is 1. The van der Waals surface area contributed by atoms with Gasteiger partial charge in [0.2, 0.25) is 5.91 Å². The quantitative estimate of drug-likeness (QED) is 0.715. The summed E-state index contributed by atoms with van der Waals surface area (Å²) in [5.41, 5.74) is 0.633. The number of nitrogens with one attached hydrogen (secondary N) is 1. The predicted molar refractivity (Wildman–Crippen MR) is 103 cm³/mol. The second-order valence-corrected chi connectivity index (χ2v) is 7.01. The van der Waals surface area contributed by atoms with Gasteiger partial charge in [-0.3, -0.25) is 4.79 Å². The zero-order valence-corrected chi connectivity index (χ0v) is 16.0. The van der Waals surface area contributed by atoms with Gasteiger partial charge in [0.25, 0.3) is 0 Å². The second-order valence-electron chi connectivity index (χ2n) is 7.01. The summed E-state index contributed by atoms with van der Waals surface area (Å²) in [4.78, 5) is 29.4. The average Bonchev–Trinajstić information content (AvgIpc) is 3.03. The molecule has 2 aromatic heterocycles. The zero-order chi connectivity index (χ0) is 19.7. The van der Waals surface area contributed by atoms with Crippen LogP contribution in [0.15, 0.2) is 23.3 Å². The first-order valence-electron chi connectivity index (χ1n) is 9.40. The molecule has 1 N–H and O–H groups in total. The molecule has 148 valence electrons. The van der Waals surface area contributed by atoms with E-state index in [1.54, 1.807) is 19.2 Å². The molecule has 0 saturated heterocycles. The lowest BCUT2D eigenvalue weighted by Crippen LogP contribution is -2.40. The smallest absolute Gasteiger partial charge is 0.352 e. The highest BCUT2D eigenvalue weighted by Crippen LogP contribution is 2.32. The molecule has 1 aliphatic rings. The summed E-state index contributed by atoms with van der Waals surface area (Å²) >= 11 is 0. The molecule has 9 nitrogen and oxygen atoms in total. The lowest BCUT2D eigenvalue weighted by Gasteiger charge is -2.22. The molecule has 0 aliphatic heterocycles. The fourth-order valence-corrected chi connectivity index (χ4v) is 3.74. The molecule has 4 rings (SSSR count). The second kappa shape index (κ2) is 7.49. The van der Waals surface area contributed by atoms with Crippen LogP contribution in [0.1, 0.15) is 32.1 Å². The standard InChI is InChI=1S/C19H23N5O4/c1-27-15-8-13-14(9-16(15)28-2)20-11-23-18(13)22-24(19(23)26)10-17(25)21-12-6-4-3-5-7-12/h8-9,11-12H,3-7,10H2,1-2H3,(H,21,25). The van der Waals surface area contributed by atoms with Crippen molar-refractivity contribution in [1.29, 1.82) is 0 Å². The highest BCUT2D eigenvalue weighted by atomic mass is 16.5. The van der Waals surface area contributed by atoms with Crippen molar-refractivity contribution >= 4 is 22.5 Å². The van der Waals surface area contributed by atoms with Gasteiger partial charge >= 0.3 is 5.69 Å². The van der Waals surface area contributed by atoms with E-state index in [2.05, 4.69) is 15.4 Å². The molecule has 1 fully saturated rings. The fourth-order valence-electron chi connectivity index (χ4n) is 3.74. The van der Waals surface area contributed by atoms with Crippen molar-refractivity contribution in [2.45, 2.75) is 44.7 Å². The Labute approximate surface area is 161 Å². The molecule has 0 spiro atoms. The minimum Gasteiger partial charge on any atom is -0.493 e. The highest BCUT2D eigenvalue weighted by Gasteiger charge is 2.19. The third-order valence-electron chi connectivity index (χ3n) is 5.19. The van der Waals surface area contributed by atoms with Gasteiger partial charge in [0.05, 0.1) is 19.7 Å². The van der Waals surface area contributed by atoms with Crippen LogP contribution >= 0.6 is 0 Å². The van der Waals surface area contributed by atoms with Gasteiger partial charge in [-0.15, -0.1) is 5.10 Å². The van der Waals surface area contributed by atoms with Gasteiger partial charge in [-0.25, -0.2) is 18.9 Å². The maximum absolute atomic E-state index is 12.7. The number of hydrogen-bond acceptors (Lipinski definition) is 6. The topological polar surface area (TPSA) is 99.8 Å². The van der Waals surface area contributed by atoms with Crippen molar-refractivity contribution in [3.05, 3.63) is 28.9 Å². The van der Waals surface area contributed by atoms with Crippen LogP contribution in [0.2, 0.25) is 0 Å². The van der Waals surface area contributed by atoms with Gasteiger partial charge in [0, 0.05) is 17.5 Å². The Morgan fingerprint density at radius 1 is 1.18 bits per heavy atom. The van der Waals surface area contributed by atoms with Gasteiger partial charge in [0.1, 0.15) is 12.9 Å². The van der Waals surface area contributed by atoms with Crippen LogP contribution in [0, 0.1) is 0 Å². The van der Waals surface area contributed by atoms with Crippen LogP contribution in [0.3, 0.4) is 0 Å². The third kappa shape index (κ3) is 3.28. The van der Waals surface area contributed by atoms with Crippen LogP contribution < -0.4 is 20.5 Å². The molecule has 1 saturated carbocycles. The number of fused-ring (bicyclic) bond motifs is 3. The zero-order valence-electron chi connectivity index (χ0n) is 16.0. The van der Waals surface area contributed by atoms with E-state index >= 15 is 0 Å². The van der Waals surface area contributed by atoms with E-state index in [1.165, 1.54) is 28.9 Å². The summed E-state index contributed by atoms with van der Waals surface area (Å²) in [5.74, 6) is 0.858. The first-order valence-corrected chi connectivity index (χ1v) is 9.40. The van der Waals surface area contributed by atoms with Gasteiger partial charge < -0.3 is 14.8 Å². The summed E-state index contributed by atoms with van der Waals surface area (Å²) < 4.78 is 13.1. The number of methoxy groups -OCH3 is 2. The van der Waals surface area contributed by atoms with E-state index < -0.39 is 5.69 Å². The molecule has 0 bridgehead atoms. The molecule has 0 radical (unpaired) electrons. The van der Waals surface area contributed by atoms with Crippen molar-refractivity contribution in [1.82, 2.24) is 24.5 Å². The molecule has 1 aromatic carbocycles. The van der Waals surface area contributed by atoms with E-state index in [0.29, 0.717) is 28.0 Å². The molecule has 1 amide bonds. The summed E-state index contributed by atoms with van der Waals surface area (Å²) in [6, 6.07) is 3.65. The van der Waals surface area contributed by atoms with Crippen molar-refractivity contribution in [2.75, 3.05) is 14.2 Å². The van der Waals surface area contributed by atoms with Gasteiger partial charge in [-0.1, -0.05) is 19.3 Å². The Bertz CT molecular complexity index is 1080. The van der Waals surface area contributed by atoms with Crippen LogP contribution in [-0.2, 0) is 11.3 Å². The Kier molecular flexibility index (Phi) is 4.89. The number of nitrogens with zero attached hydrogens (tertiary/aromatic N) is 4. The monoisotopic (exact) mass is 385 g/mol. The number of ether oxygens (including phenoxy) is 2. The van der Waals surface area contributed by atoms with Gasteiger partial charge in [-0.2, -0.15) is 0 Å². The fraction of sp³-hybridized carbons (Fsp3) is 0.474. The molecular formula is C19H23N5O4. The Balaban J connectivity index is 1.68. The van der Waals surface area contributed by atoms with Crippen LogP contribution in [0.25, 0.3) is 16.6 Å². The normalized spacial score (nSPS) is 15.1. The third-order valence-corrected chi connectivity index (χ3v) is 5.19. The van der Waals surface area contributed by atoms with Crippen LogP contribution in [0.5, 0.6) is 11.5 Å². The molecule has 9 heteroatoms. The van der Waals surface area contributed by atoms with Gasteiger partial charge in [0.15, 0.2) is 17.1 Å². The number of benzene rings is 1. The predicted octanol–water partition coefficient (Wildman–Crippen LogP) is 1.51.